The number of aryl methyl sites for hydroxylation is 1. The Labute approximate surface area is 91.9 Å². The quantitative estimate of drug-likeness (QED) is 0.636. The van der Waals surface area contributed by atoms with Crippen LogP contribution in [0, 0.1) is 6.92 Å². The van der Waals surface area contributed by atoms with Gasteiger partial charge in [0.25, 0.3) is 0 Å². The monoisotopic (exact) mass is 221 g/mol. The summed E-state index contributed by atoms with van der Waals surface area (Å²) in [4.78, 5) is 1.04. The lowest BCUT2D eigenvalue weighted by Crippen LogP contribution is -1.88. The first-order valence-electron chi connectivity index (χ1n) is 4.52. The fraction of sp³-hybridized carbons (Fsp3) is 0.200. The van der Waals surface area contributed by atoms with Gasteiger partial charge in [0, 0.05) is 17.5 Å². The van der Waals surface area contributed by atoms with Gasteiger partial charge in [0.2, 0.25) is 11.8 Å². The Kier molecular flexibility index (Phi) is 2.91. The van der Waals surface area contributed by atoms with Crippen molar-refractivity contribution < 1.29 is 4.42 Å². The molecule has 0 aliphatic rings. The largest absolute Gasteiger partial charge is 0.425 e. The second-order valence-corrected chi connectivity index (χ2v) is 4.06. The summed E-state index contributed by atoms with van der Waals surface area (Å²) in [5, 5.41) is 7.67. The molecule has 2 N–H and O–H groups in total. The van der Waals surface area contributed by atoms with Gasteiger partial charge in [-0.2, -0.15) is 0 Å². The van der Waals surface area contributed by atoms with Gasteiger partial charge in [-0.25, -0.2) is 0 Å². The van der Waals surface area contributed by atoms with Gasteiger partial charge >= 0.3 is 0 Å². The van der Waals surface area contributed by atoms with E-state index >= 15 is 0 Å². The van der Waals surface area contributed by atoms with Gasteiger partial charge in [0.05, 0.1) is 5.75 Å². The average Bonchev–Trinajstić information content (AvgIpc) is 2.63. The Morgan fingerprint density at radius 1 is 1.33 bits per heavy atom. The van der Waals surface area contributed by atoms with Crippen LogP contribution in [0.4, 0.5) is 5.69 Å². The Balaban J connectivity index is 2.02. The first kappa shape index (κ1) is 10.0. The minimum absolute atomic E-state index is 0.589. The van der Waals surface area contributed by atoms with Crippen LogP contribution in [-0.2, 0) is 5.75 Å². The van der Waals surface area contributed by atoms with Gasteiger partial charge in [-0.15, -0.1) is 22.0 Å². The van der Waals surface area contributed by atoms with E-state index in [0.717, 1.165) is 10.6 Å². The van der Waals surface area contributed by atoms with Crippen LogP contribution in [0.15, 0.2) is 33.6 Å². The number of nitrogens with zero attached hydrogens (tertiary/aromatic N) is 2. The Bertz CT molecular complexity index is 455. The molecule has 0 saturated carbocycles. The highest BCUT2D eigenvalue weighted by atomic mass is 32.2. The van der Waals surface area contributed by atoms with Crippen molar-refractivity contribution in [3.63, 3.8) is 0 Å². The Morgan fingerprint density at radius 2 is 2.13 bits per heavy atom. The molecule has 0 fully saturated rings. The fourth-order valence-corrected chi connectivity index (χ4v) is 1.95. The smallest absolute Gasteiger partial charge is 0.226 e. The number of hydrogen-bond acceptors (Lipinski definition) is 5. The van der Waals surface area contributed by atoms with Gasteiger partial charge in [-0.1, -0.05) is 12.1 Å². The van der Waals surface area contributed by atoms with E-state index in [-0.39, 0.29) is 0 Å². The van der Waals surface area contributed by atoms with Crippen molar-refractivity contribution in [1.82, 2.24) is 10.2 Å². The zero-order valence-corrected chi connectivity index (χ0v) is 9.12. The lowest BCUT2D eigenvalue weighted by atomic mass is 10.3. The molecule has 0 atom stereocenters. The number of thioether (sulfide) groups is 1. The Morgan fingerprint density at radius 3 is 2.80 bits per heavy atom. The van der Waals surface area contributed by atoms with Crippen LogP contribution in [0.1, 0.15) is 11.8 Å². The van der Waals surface area contributed by atoms with Crippen molar-refractivity contribution >= 4 is 17.4 Å². The van der Waals surface area contributed by atoms with E-state index in [1.807, 2.05) is 24.3 Å². The van der Waals surface area contributed by atoms with E-state index in [2.05, 4.69) is 10.2 Å². The fourth-order valence-electron chi connectivity index (χ4n) is 1.15. The van der Waals surface area contributed by atoms with Gasteiger partial charge < -0.3 is 10.2 Å². The zero-order chi connectivity index (χ0) is 10.7. The van der Waals surface area contributed by atoms with Crippen LogP contribution >= 0.6 is 11.8 Å². The molecule has 1 heterocycles. The highest BCUT2D eigenvalue weighted by molar-refractivity contribution is 7.98. The number of hydrogen-bond donors (Lipinski definition) is 1. The maximum atomic E-state index is 5.80. The lowest BCUT2D eigenvalue weighted by Gasteiger charge is -2.01. The highest BCUT2D eigenvalue weighted by Gasteiger charge is 2.04. The van der Waals surface area contributed by atoms with Crippen LogP contribution in [0.3, 0.4) is 0 Å². The minimum atomic E-state index is 0.589. The molecule has 1 aromatic carbocycles. The van der Waals surface area contributed by atoms with E-state index in [4.69, 9.17) is 10.2 Å². The number of benzene rings is 1. The molecule has 4 nitrogen and oxygen atoms in total. The second kappa shape index (κ2) is 4.35. The molecule has 78 valence electrons. The van der Waals surface area contributed by atoms with E-state index in [0.29, 0.717) is 17.5 Å². The summed E-state index contributed by atoms with van der Waals surface area (Å²) in [7, 11) is 0. The van der Waals surface area contributed by atoms with Crippen LogP contribution in [0.25, 0.3) is 0 Å². The second-order valence-electron chi connectivity index (χ2n) is 3.04. The van der Waals surface area contributed by atoms with E-state index in [9.17, 15) is 0 Å². The van der Waals surface area contributed by atoms with Crippen LogP contribution < -0.4 is 5.73 Å². The van der Waals surface area contributed by atoms with E-state index in [1.165, 1.54) is 0 Å². The molecule has 2 aromatic rings. The summed E-state index contributed by atoms with van der Waals surface area (Å²) in [5.74, 6) is 1.86. The summed E-state index contributed by atoms with van der Waals surface area (Å²) >= 11 is 1.59. The minimum Gasteiger partial charge on any atom is -0.425 e. The molecule has 0 aliphatic carbocycles. The standard InChI is InChI=1S/C10H11N3OS/c1-7-12-13-10(14-7)6-15-9-5-3-2-4-8(9)11/h2-5H,6,11H2,1H3. The number of nitrogen functional groups attached to an aromatic ring is 1. The van der Waals surface area contributed by atoms with E-state index < -0.39 is 0 Å². The molecule has 15 heavy (non-hydrogen) atoms. The molecule has 2 rings (SSSR count). The molecule has 1 aromatic heterocycles. The maximum Gasteiger partial charge on any atom is 0.226 e. The summed E-state index contributed by atoms with van der Waals surface area (Å²) in [5.41, 5.74) is 6.58. The lowest BCUT2D eigenvalue weighted by molar-refractivity contribution is 0.485. The summed E-state index contributed by atoms with van der Waals surface area (Å²) in [6, 6.07) is 7.72. The molecule has 0 spiro atoms. The molecule has 5 heteroatoms. The number of nitrogens with two attached hydrogens (primary N) is 1. The predicted molar refractivity (Wildman–Crippen MR) is 59.5 cm³/mol. The summed E-state index contributed by atoms with van der Waals surface area (Å²) in [6.45, 7) is 1.78. The SMILES string of the molecule is Cc1nnc(CSc2ccccc2N)o1. The highest BCUT2D eigenvalue weighted by Crippen LogP contribution is 2.27. The van der Waals surface area contributed by atoms with Gasteiger partial charge in [0.1, 0.15) is 0 Å². The maximum absolute atomic E-state index is 5.80. The third-order valence-corrected chi connectivity index (χ3v) is 2.91. The number of anilines is 1. The number of para-hydroxylation sites is 1. The molecular weight excluding hydrogens is 210 g/mol. The molecule has 0 bridgehead atoms. The topological polar surface area (TPSA) is 64.9 Å². The molecule has 0 aliphatic heterocycles. The zero-order valence-electron chi connectivity index (χ0n) is 8.30. The third-order valence-electron chi connectivity index (χ3n) is 1.84. The summed E-state index contributed by atoms with van der Waals surface area (Å²) in [6.07, 6.45) is 0. The Hall–Kier alpha value is -1.49. The average molecular weight is 221 g/mol. The van der Waals surface area contributed by atoms with E-state index in [1.54, 1.807) is 18.7 Å². The van der Waals surface area contributed by atoms with Crippen molar-refractivity contribution in [2.75, 3.05) is 5.73 Å². The van der Waals surface area contributed by atoms with Crippen LogP contribution in [0.2, 0.25) is 0 Å². The molecule has 0 amide bonds. The van der Waals surface area contributed by atoms with Crippen LogP contribution in [-0.4, -0.2) is 10.2 Å². The van der Waals surface area contributed by atoms with Crippen LogP contribution in [0.5, 0.6) is 0 Å². The van der Waals surface area contributed by atoms with Crippen molar-refractivity contribution in [3.05, 3.63) is 36.0 Å². The van der Waals surface area contributed by atoms with Crippen molar-refractivity contribution in [3.8, 4) is 0 Å². The van der Waals surface area contributed by atoms with Gasteiger partial charge in [-0.05, 0) is 12.1 Å². The van der Waals surface area contributed by atoms with Crippen molar-refractivity contribution in [2.45, 2.75) is 17.6 Å². The normalized spacial score (nSPS) is 10.5. The first-order valence-corrected chi connectivity index (χ1v) is 5.50. The van der Waals surface area contributed by atoms with Gasteiger partial charge in [-0.3, -0.25) is 0 Å². The molecule has 0 radical (unpaired) electrons. The molecular formula is C10H11N3OS. The molecule has 0 unspecified atom stereocenters. The third kappa shape index (κ3) is 2.50. The van der Waals surface area contributed by atoms with Crippen molar-refractivity contribution in [2.24, 2.45) is 0 Å². The predicted octanol–water partition coefficient (Wildman–Crippen LogP) is 2.25. The van der Waals surface area contributed by atoms with Crippen molar-refractivity contribution in [1.29, 1.82) is 0 Å². The number of rotatable bonds is 3. The first-order chi connectivity index (χ1) is 7.25. The summed E-state index contributed by atoms with van der Waals surface area (Å²) < 4.78 is 5.26. The number of aromatic nitrogens is 2. The van der Waals surface area contributed by atoms with Gasteiger partial charge in [0.15, 0.2) is 0 Å². The molecule has 0 saturated heterocycles.